The van der Waals surface area contributed by atoms with Crippen molar-refractivity contribution in [3.8, 4) is 0 Å². The minimum absolute atomic E-state index is 0.154. The maximum atomic E-state index is 5.52. The van der Waals surface area contributed by atoms with Crippen molar-refractivity contribution in [2.75, 3.05) is 6.61 Å². The molecule has 0 radical (unpaired) electrons. The fourth-order valence-corrected chi connectivity index (χ4v) is 2.26. The molecule has 0 aromatic heterocycles. The zero-order valence-electron chi connectivity index (χ0n) is 9.47. The third kappa shape index (κ3) is 1.96. The molecule has 0 aliphatic carbocycles. The van der Waals surface area contributed by atoms with Crippen LogP contribution in [-0.4, -0.2) is 18.7 Å². The molecule has 17 heavy (non-hydrogen) atoms. The van der Waals surface area contributed by atoms with Gasteiger partial charge >= 0.3 is 0 Å². The van der Waals surface area contributed by atoms with Crippen molar-refractivity contribution in [3.63, 3.8) is 0 Å². The smallest absolute Gasteiger partial charge is 0.282 e. The Morgan fingerprint density at radius 2 is 2.00 bits per heavy atom. The predicted octanol–water partition coefficient (Wildman–Crippen LogP) is 2.10. The van der Waals surface area contributed by atoms with Gasteiger partial charge in [0.05, 0.1) is 6.04 Å². The highest BCUT2D eigenvalue weighted by molar-refractivity contribution is 5.85. The lowest BCUT2D eigenvalue weighted by atomic mass is 9.99. The second-order valence-corrected chi connectivity index (χ2v) is 4.27. The number of ether oxygens (including phenoxy) is 1. The lowest BCUT2D eigenvalue weighted by Gasteiger charge is -2.08. The summed E-state index contributed by atoms with van der Waals surface area (Å²) in [6.45, 7) is 0.592. The molecule has 86 valence electrons. The van der Waals surface area contributed by atoms with Crippen molar-refractivity contribution >= 4 is 16.8 Å². The number of rotatable bonds is 2. The number of hydrogen-bond acceptors (Lipinski definition) is 3. The molecule has 0 fully saturated rings. The van der Waals surface area contributed by atoms with Crippen molar-refractivity contribution < 1.29 is 4.74 Å². The molecule has 0 spiro atoms. The van der Waals surface area contributed by atoms with E-state index in [1.165, 1.54) is 16.3 Å². The Balaban J connectivity index is 1.95. The summed E-state index contributed by atoms with van der Waals surface area (Å²) in [5.41, 5.74) is 6.82. The summed E-state index contributed by atoms with van der Waals surface area (Å²) >= 11 is 0. The predicted molar refractivity (Wildman–Crippen MR) is 69.0 cm³/mol. The molecule has 0 saturated heterocycles. The standard InChI is InChI=1S/C14H14N2O/c15-14-16-12(9-17-14)8-11-6-3-5-10-4-1-2-7-13(10)11/h1-7,12H,8-9H2,(H2,15,16)/t12-/m1/s1. The first kappa shape index (κ1) is 10.1. The molecule has 3 nitrogen and oxygen atoms in total. The average Bonchev–Trinajstić information content (AvgIpc) is 2.75. The van der Waals surface area contributed by atoms with Crippen LogP contribution >= 0.6 is 0 Å². The lowest BCUT2D eigenvalue weighted by Crippen LogP contribution is -2.11. The van der Waals surface area contributed by atoms with Gasteiger partial charge in [0.15, 0.2) is 0 Å². The first-order valence-electron chi connectivity index (χ1n) is 5.75. The van der Waals surface area contributed by atoms with Crippen LogP contribution in [0.4, 0.5) is 0 Å². The van der Waals surface area contributed by atoms with E-state index in [1.807, 2.05) is 0 Å². The summed E-state index contributed by atoms with van der Waals surface area (Å²) in [5.74, 6) is 0. The van der Waals surface area contributed by atoms with Crippen LogP contribution in [0.5, 0.6) is 0 Å². The van der Waals surface area contributed by atoms with E-state index in [2.05, 4.69) is 47.5 Å². The van der Waals surface area contributed by atoms with Gasteiger partial charge in [0.25, 0.3) is 6.02 Å². The molecule has 2 aromatic carbocycles. The van der Waals surface area contributed by atoms with E-state index in [0.29, 0.717) is 12.6 Å². The summed E-state index contributed by atoms with van der Waals surface area (Å²) in [4.78, 5) is 4.26. The van der Waals surface area contributed by atoms with Crippen molar-refractivity contribution in [1.29, 1.82) is 0 Å². The van der Waals surface area contributed by atoms with Gasteiger partial charge in [-0.3, -0.25) is 0 Å². The highest BCUT2D eigenvalue weighted by atomic mass is 16.5. The monoisotopic (exact) mass is 226 g/mol. The summed E-state index contributed by atoms with van der Waals surface area (Å²) in [6, 6.07) is 15.2. The minimum Gasteiger partial charge on any atom is -0.463 e. The number of aliphatic imine (C=N–C) groups is 1. The fourth-order valence-electron chi connectivity index (χ4n) is 2.26. The third-order valence-electron chi connectivity index (χ3n) is 3.07. The Kier molecular flexibility index (Phi) is 2.44. The highest BCUT2D eigenvalue weighted by Crippen LogP contribution is 2.21. The van der Waals surface area contributed by atoms with Gasteiger partial charge in [-0.1, -0.05) is 42.5 Å². The Bertz CT molecular complexity index is 572. The Morgan fingerprint density at radius 1 is 1.18 bits per heavy atom. The number of nitrogens with two attached hydrogens (primary N) is 1. The number of amidine groups is 1. The zero-order valence-corrected chi connectivity index (χ0v) is 9.47. The van der Waals surface area contributed by atoms with Crippen molar-refractivity contribution in [2.24, 2.45) is 10.7 Å². The molecule has 0 amide bonds. The van der Waals surface area contributed by atoms with Crippen LogP contribution in [0.3, 0.4) is 0 Å². The van der Waals surface area contributed by atoms with Gasteiger partial charge in [-0.05, 0) is 22.8 Å². The quantitative estimate of drug-likeness (QED) is 0.852. The maximum Gasteiger partial charge on any atom is 0.282 e. The van der Waals surface area contributed by atoms with E-state index >= 15 is 0 Å². The summed E-state index contributed by atoms with van der Waals surface area (Å²) in [7, 11) is 0. The van der Waals surface area contributed by atoms with Crippen LogP contribution in [0.25, 0.3) is 10.8 Å². The van der Waals surface area contributed by atoms with Crippen LogP contribution in [0.1, 0.15) is 5.56 Å². The number of hydrogen-bond donors (Lipinski definition) is 1. The van der Waals surface area contributed by atoms with Crippen molar-refractivity contribution in [3.05, 3.63) is 48.0 Å². The van der Waals surface area contributed by atoms with E-state index in [4.69, 9.17) is 10.5 Å². The van der Waals surface area contributed by atoms with E-state index in [1.54, 1.807) is 0 Å². The van der Waals surface area contributed by atoms with Gasteiger partial charge in [0.1, 0.15) is 6.61 Å². The minimum atomic E-state index is 0.154. The van der Waals surface area contributed by atoms with E-state index < -0.39 is 0 Å². The molecule has 1 aliphatic rings. The number of benzene rings is 2. The highest BCUT2D eigenvalue weighted by Gasteiger charge is 2.17. The van der Waals surface area contributed by atoms with Gasteiger partial charge in [0.2, 0.25) is 0 Å². The van der Waals surface area contributed by atoms with Gasteiger partial charge < -0.3 is 10.5 Å². The van der Waals surface area contributed by atoms with Gasteiger partial charge in [-0.2, -0.15) is 0 Å². The second-order valence-electron chi connectivity index (χ2n) is 4.27. The summed E-state index contributed by atoms with van der Waals surface area (Å²) < 4.78 is 5.18. The molecule has 3 rings (SSSR count). The largest absolute Gasteiger partial charge is 0.463 e. The zero-order chi connectivity index (χ0) is 11.7. The second kappa shape index (κ2) is 4.09. The fraction of sp³-hybridized carbons (Fsp3) is 0.214. The first-order valence-corrected chi connectivity index (χ1v) is 5.75. The molecular weight excluding hydrogens is 212 g/mol. The number of fused-ring (bicyclic) bond motifs is 1. The maximum absolute atomic E-state index is 5.52. The lowest BCUT2D eigenvalue weighted by molar-refractivity contribution is 0.312. The van der Waals surface area contributed by atoms with Crippen LogP contribution in [0.2, 0.25) is 0 Å². The van der Waals surface area contributed by atoms with E-state index in [-0.39, 0.29) is 6.04 Å². The number of nitrogens with zero attached hydrogens (tertiary/aromatic N) is 1. The van der Waals surface area contributed by atoms with Crippen molar-refractivity contribution in [1.82, 2.24) is 0 Å². The molecule has 1 atom stereocenters. The molecule has 0 unspecified atom stereocenters. The van der Waals surface area contributed by atoms with E-state index in [9.17, 15) is 0 Å². The normalized spacial score (nSPS) is 19.1. The Labute approximate surface area is 99.9 Å². The van der Waals surface area contributed by atoms with Crippen molar-refractivity contribution in [2.45, 2.75) is 12.5 Å². The average molecular weight is 226 g/mol. The Hall–Kier alpha value is -2.03. The van der Waals surface area contributed by atoms with E-state index in [0.717, 1.165) is 6.42 Å². The molecular formula is C14H14N2O. The van der Waals surface area contributed by atoms with Gasteiger partial charge in [0, 0.05) is 0 Å². The molecule has 3 heteroatoms. The third-order valence-corrected chi connectivity index (χ3v) is 3.07. The Morgan fingerprint density at radius 3 is 2.82 bits per heavy atom. The van der Waals surface area contributed by atoms with Crippen LogP contribution < -0.4 is 5.73 Å². The van der Waals surface area contributed by atoms with Crippen LogP contribution in [-0.2, 0) is 11.2 Å². The first-order chi connectivity index (χ1) is 8.33. The molecule has 0 saturated carbocycles. The molecule has 1 heterocycles. The van der Waals surface area contributed by atoms with Gasteiger partial charge in [-0.15, -0.1) is 0 Å². The van der Waals surface area contributed by atoms with Crippen LogP contribution in [0, 0.1) is 0 Å². The van der Waals surface area contributed by atoms with Crippen LogP contribution in [0.15, 0.2) is 47.5 Å². The molecule has 2 aromatic rings. The summed E-state index contributed by atoms with van der Waals surface area (Å²) in [6.07, 6.45) is 0.877. The molecule has 0 bridgehead atoms. The molecule has 1 aliphatic heterocycles. The van der Waals surface area contributed by atoms with Gasteiger partial charge in [-0.25, -0.2) is 4.99 Å². The topological polar surface area (TPSA) is 47.6 Å². The SMILES string of the molecule is NC1=N[C@H](Cc2cccc3ccccc23)CO1. The summed E-state index contributed by atoms with van der Waals surface area (Å²) in [5, 5.41) is 2.55. The molecule has 2 N–H and O–H groups in total.